The van der Waals surface area contributed by atoms with Gasteiger partial charge in [-0.15, -0.1) is 12.8 Å². The number of phenols is 2. The van der Waals surface area contributed by atoms with E-state index in [0.717, 1.165) is 47.9 Å². The van der Waals surface area contributed by atoms with Gasteiger partial charge in [-0.2, -0.15) is 0 Å². The van der Waals surface area contributed by atoms with Crippen molar-refractivity contribution in [1.29, 1.82) is 0 Å². The van der Waals surface area contributed by atoms with Gasteiger partial charge in [0.1, 0.15) is 28.1 Å². The second-order valence-corrected chi connectivity index (χ2v) is 17.7. The molecule has 0 aliphatic heterocycles. The zero-order chi connectivity index (χ0) is 37.2. The molecule has 4 fully saturated rings. The summed E-state index contributed by atoms with van der Waals surface area (Å²) in [5, 5.41) is 67.9. The molecular formula is C44H50O8. The zero-order valence-electron chi connectivity index (χ0n) is 30.1. The highest BCUT2D eigenvalue weighted by atomic mass is 16.4. The number of aryl methyl sites for hydroxylation is 2. The van der Waals surface area contributed by atoms with Gasteiger partial charge in [0.05, 0.1) is 6.42 Å². The minimum atomic E-state index is -2.13. The lowest BCUT2D eigenvalue weighted by atomic mass is 9.51. The second kappa shape index (κ2) is 11.5. The fraction of sp³-hybridized carbons (Fsp3) is 0.591. The zero-order valence-corrected chi connectivity index (χ0v) is 30.1. The van der Waals surface area contributed by atoms with Crippen LogP contribution < -0.4 is 0 Å². The van der Waals surface area contributed by atoms with E-state index in [2.05, 4.69) is 25.7 Å². The molecule has 6 aliphatic carbocycles. The van der Waals surface area contributed by atoms with Crippen molar-refractivity contribution in [2.45, 2.75) is 126 Å². The Bertz CT molecular complexity index is 1850. The summed E-state index contributed by atoms with van der Waals surface area (Å²) in [6.45, 7) is 4.17. The van der Waals surface area contributed by atoms with E-state index in [-0.39, 0.29) is 58.1 Å². The van der Waals surface area contributed by atoms with E-state index in [9.17, 15) is 40.2 Å². The summed E-state index contributed by atoms with van der Waals surface area (Å²) >= 11 is 0. The number of terminal acetylenes is 2. The molecule has 8 nitrogen and oxygen atoms in total. The number of hydrogen-bond acceptors (Lipinski definition) is 6. The number of rotatable bonds is 5. The third-order valence-electron chi connectivity index (χ3n) is 16.1. The van der Waals surface area contributed by atoms with Crippen molar-refractivity contribution >= 4 is 11.9 Å². The van der Waals surface area contributed by atoms with Crippen LogP contribution in [-0.4, -0.2) is 53.8 Å². The van der Waals surface area contributed by atoms with Gasteiger partial charge >= 0.3 is 11.9 Å². The van der Waals surface area contributed by atoms with Crippen LogP contribution >= 0.6 is 0 Å². The number of fused-ring (bicyclic) bond motifs is 10. The van der Waals surface area contributed by atoms with Crippen molar-refractivity contribution in [3.8, 4) is 36.2 Å². The quantitative estimate of drug-likeness (QED) is 0.196. The average molecular weight is 707 g/mol. The molecule has 0 amide bonds. The summed E-state index contributed by atoms with van der Waals surface area (Å²) in [4.78, 5) is 27.3. The summed E-state index contributed by atoms with van der Waals surface area (Å²) in [5.74, 6) is 2.66. The molecule has 0 aromatic heterocycles. The first-order valence-electron chi connectivity index (χ1n) is 19.2. The van der Waals surface area contributed by atoms with Gasteiger partial charge < -0.3 is 30.6 Å². The Hall–Kier alpha value is -3.98. The van der Waals surface area contributed by atoms with Crippen LogP contribution in [0.4, 0.5) is 0 Å². The van der Waals surface area contributed by atoms with Gasteiger partial charge in [-0.3, -0.25) is 9.59 Å². The van der Waals surface area contributed by atoms with Crippen molar-refractivity contribution in [3.63, 3.8) is 0 Å². The molecule has 0 heterocycles. The molecule has 4 saturated carbocycles. The highest BCUT2D eigenvalue weighted by molar-refractivity contribution is 5.93. The minimum Gasteiger partial charge on any atom is -0.508 e. The van der Waals surface area contributed by atoms with Gasteiger partial charge in [0.2, 0.25) is 0 Å². The maximum atomic E-state index is 14.3. The molecule has 2 unspecified atom stereocenters. The standard InChI is InChI=1S/C44H50O8/c1-5-42(51)17-13-32-28-9-7-24-19-26(45)21-34(37(24)30(28)11-15-40(32,42)3)44(39(49)50,23-36(47)48)35-22-27(46)20-25-8-10-29-31(38(25)35)12-16-41(4)33(29)14-18-43(41,52)6-2/h1-2,19-22,28-33,45-46,51-52H,7-18,23H2,3-4H3,(H,47,48)(H,49,50)/t28-,29-,30+,31+,32+,33+,40?,41?,42+,43+,44?/m1/s1. The molecule has 2 aromatic rings. The van der Waals surface area contributed by atoms with E-state index in [1.807, 2.05) is 0 Å². The van der Waals surface area contributed by atoms with Gasteiger partial charge in [-0.25, -0.2) is 0 Å². The lowest BCUT2D eigenvalue weighted by Crippen LogP contribution is -2.51. The maximum absolute atomic E-state index is 14.3. The number of phenolic OH excluding ortho intramolecular Hbond substituents is 2. The van der Waals surface area contributed by atoms with E-state index in [1.165, 1.54) is 12.1 Å². The average Bonchev–Trinajstić information content (AvgIpc) is 3.54. The predicted molar refractivity (Wildman–Crippen MR) is 194 cm³/mol. The molecule has 52 heavy (non-hydrogen) atoms. The second-order valence-electron chi connectivity index (χ2n) is 17.7. The molecule has 0 saturated heterocycles. The monoisotopic (exact) mass is 706 g/mol. The first-order chi connectivity index (χ1) is 24.6. The van der Waals surface area contributed by atoms with Gasteiger partial charge in [0.25, 0.3) is 0 Å². The summed E-state index contributed by atoms with van der Waals surface area (Å²) in [7, 11) is 0. The Kier molecular flexibility index (Phi) is 7.76. The van der Waals surface area contributed by atoms with Crippen LogP contribution in [0, 0.1) is 59.2 Å². The molecule has 2 aromatic carbocycles. The van der Waals surface area contributed by atoms with Crippen LogP contribution in [0.25, 0.3) is 0 Å². The first-order valence-corrected chi connectivity index (χ1v) is 19.2. The van der Waals surface area contributed by atoms with Crippen molar-refractivity contribution in [2.75, 3.05) is 0 Å². The lowest BCUT2D eigenvalue weighted by molar-refractivity contribution is -0.148. The van der Waals surface area contributed by atoms with E-state index in [1.54, 1.807) is 12.1 Å². The molecule has 0 spiro atoms. The number of benzene rings is 2. The van der Waals surface area contributed by atoms with Crippen LogP contribution in [0.1, 0.15) is 130 Å². The van der Waals surface area contributed by atoms with Crippen molar-refractivity contribution in [1.82, 2.24) is 0 Å². The van der Waals surface area contributed by atoms with Crippen LogP contribution in [0.5, 0.6) is 11.5 Å². The van der Waals surface area contributed by atoms with Crippen LogP contribution in [-0.2, 0) is 27.8 Å². The first kappa shape index (κ1) is 35.1. The fourth-order valence-electron chi connectivity index (χ4n) is 13.5. The van der Waals surface area contributed by atoms with Crippen molar-refractivity contribution < 1.29 is 40.2 Å². The van der Waals surface area contributed by atoms with E-state index < -0.39 is 45.8 Å². The highest BCUT2D eigenvalue weighted by Gasteiger charge is 2.64. The number of aliphatic hydroxyl groups is 2. The number of aliphatic carboxylic acids is 2. The minimum absolute atomic E-state index is 0.0870. The Morgan fingerprint density at radius 2 is 1.13 bits per heavy atom. The van der Waals surface area contributed by atoms with Crippen molar-refractivity contribution in [3.05, 3.63) is 57.6 Å². The van der Waals surface area contributed by atoms with Crippen LogP contribution in [0.2, 0.25) is 0 Å². The Balaban J connectivity index is 1.33. The van der Waals surface area contributed by atoms with E-state index in [0.29, 0.717) is 51.4 Å². The van der Waals surface area contributed by atoms with Crippen molar-refractivity contribution in [2.24, 2.45) is 34.5 Å². The number of carboxylic acids is 2. The molecular weight excluding hydrogens is 656 g/mol. The largest absolute Gasteiger partial charge is 0.508 e. The van der Waals surface area contributed by atoms with Crippen LogP contribution in [0.15, 0.2) is 24.3 Å². The fourth-order valence-corrected chi connectivity index (χ4v) is 13.5. The van der Waals surface area contributed by atoms with Crippen LogP contribution in [0.3, 0.4) is 0 Å². The number of carbonyl (C=O) groups is 2. The molecule has 6 aliphatic rings. The SMILES string of the molecule is C#C[C@]1(O)CC[C@H]2[C@@H]3CCc4cc(O)cc(C(CC(=O)O)(C(=O)O)c5cc(O)cc6c5[C@H]5CCC7(C)[C@@H](CC[C@@]7(O)C#C)[C@@H]5CC6)c4[C@H]3CCC21C. The Morgan fingerprint density at radius 1 is 0.712 bits per heavy atom. The molecule has 6 N–H and O–H groups in total. The molecule has 8 heteroatoms. The molecule has 0 bridgehead atoms. The predicted octanol–water partition coefficient (Wildman–Crippen LogP) is 6.38. The summed E-state index contributed by atoms with van der Waals surface area (Å²) in [6, 6.07) is 6.34. The van der Waals surface area contributed by atoms with Gasteiger partial charge in [-0.05, 0) is 170 Å². The third kappa shape index (κ3) is 4.44. The number of carboxylic acid groups (broad SMARTS) is 2. The Morgan fingerprint density at radius 3 is 1.50 bits per heavy atom. The number of aromatic hydroxyl groups is 2. The smallest absolute Gasteiger partial charge is 0.319 e. The number of hydrogen-bond donors (Lipinski definition) is 6. The molecule has 10 atom stereocenters. The van der Waals surface area contributed by atoms with E-state index in [4.69, 9.17) is 12.8 Å². The summed E-state index contributed by atoms with van der Waals surface area (Å²) in [6.07, 6.45) is 18.8. The van der Waals surface area contributed by atoms with Gasteiger partial charge in [0, 0.05) is 10.8 Å². The molecule has 274 valence electrons. The topological polar surface area (TPSA) is 156 Å². The van der Waals surface area contributed by atoms with E-state index >= 15 is 0 Å². The summed E-state index contributed by atoms with van der Waals surface area (Å²) < 4.78 is 0. The molecule has 8 rings (SSSR count). The highest BCUT2D eigenvalue weighted by Crippen LogP contribution is 2.67. The van der Waals surface area contributed by atoms with Gasteiger partial charge in [0.15, 0.2) is 0 Å². The Labute approximate surface area is 305 Å². The third-order valence-corrected chi connectivity index (χ3v) is 16.1. The normalized spacial score (nSPS) is 39.6. The molecule has 0 radical (unpaired) electrons. The van der Waals surface area contributed by atoms with Gasteiger partial charge in [-0.1, -0.05) is 25.7 Å². The summed E-state index contributed by atoms with van der Waals surface area (Å²) in [5.41, 5.74) is -1.81. The lowest BCUT2D eigenvalue weighted by Gasteiger charge is -2.53. The maximum Gasteiger partial charge on any atom is 0.319 e.